The second-order valence-electron chi connectivity index (χ2n) is 6.66. The fourth-order valence-electron chi connectivity index (χ4n) is 3.14. The van der Waals surface area contributed by atoms with Crippen molar-refractivity contribution in [3.05, 3.63) is 58.7 Å². The lowest BCUT2D eigenvalue weighted by molar-refractivity contribution is 0.141. The van der Waals surface area contributed by atoms with Gasteiger partial charge in [0.25, 0.3) is 0 Å². The van der Waals surface area contributed by atoms with Crippen molar-refractivity contribution in [1.29, 1.82) is 0 Å². The number of aryl methyl sites for hydroxylation is 3. The predicted molar refractivity (Wildman–Crippen MR) is 106 cm³/mol. The van der Waals surface area contributed by atoms with E-state index >= 15 is 0 Å². The SMILES string of the molecule is CO/N=C(\C)c1cccc(CCCO/N=C2\CCCc3ccc(C)nc32)n1. The predicted octanol–water partition coefficient (Wildman–Crippen LogP) is 3.85. The van der Waals surface area contributed by atoms with Crippen molar-refractivity contribution in [3.63, 3.8) is 0 Å². The summed E-state index contributed by atoms with van der Waals surface area (Å²) >= 11 is 0. The van der Waals surface area contributed by atoms with Crippen LogP contribution in [0.15, 0.2) is 40.6 Å². The summed E-state index contributed by atoms with van der Waals surface area (Å²) in [5.74, 6) is 0. The van der Waals surface area contributed by atoms with Gasteiger partial charge in [0, 0.05) is 11.4 Å². The molecule has 2 aromatic rings. The lowest BCUT2D eigenvalue weighted by Crippen LogP contribution is -2.15. The lowest BCUT2D eigenvalue weighted by atomic mass is 9.94. The molecule has 0 saturated carbocycles. The molecule has 6 heteroatoms. The molecule has 1 aliphatic rings. The van der Waals surface area contributed by atoms with E-state index < -0.39 is 0 Å². The molecule has 0 spiro atoms. The molecule has 0 unspecified atom stereocenters. The zero-order valence-corrected chi connectivity index (χ0v) is 16.2. The number of rotatable bonds is 7. The highest BCUT2D eigenvalue weighted by molar-refractivity contribution is 6.00. The highest BCUT2D eigenvalue weighted by Crippen LogP contribution is 2.20. The second kappa shape index (κ2) is 9.26. The van der Waals surface area contributed by atoms with E-state index in [0.29, 0.717) is 6.61 Å². The zero-order chi connectivity index (χ0) is 19.1. The van der Waals surface area contributed by atoms with E-state index in [1.807, 2.05) is 32.0 Å². The molecule has 0 atom stereocenters. The van der Waals surface area contributed by atoms with Crippen LogP contribution < -0.4 is 0 Å². The zero-order valence-electron chi connectivity index (χ0n) is 16.2. The highest BCUT2D eigenvalue weighted by Gasteiger charge is 2.17. The average Bonchev–Trinajstić information content (AvgIpc) is 2.68. The maximum absolute atomic E-state index is 5.58. The van der Waals surface area contributed by atoms with Gasteiger partial charge in [-0.25, -0.2) is 0 Å². The maximum Gasteiger partial charge on any atom is 0.117 e. The maximum atomic E-state index is 5.58. The van der Waals surface area contributed by atoms with Gasteiger partial charge in [0.2, 0.25) is 0 Å². The Morgan fingerprint density at radius 2 is 2.04 bits per heavy atom. The number of oxime groups is 2. The van der Waals surface area contributed by atoms with Crippen LogP contribution in [0.1, 0.15) is 54.5 Å². The first-order chi connectivity index (χ1) is 13.2. The first-order valence-electron chi connectivity index (χ1n) is 9.37. The molecule has 0 amide bonds. The molecule has 2 aromatic heterocycles. The largest absolute Gasteiger partial charge is 0.399 e. The first kappa shape index (κ1) is 19.0. The molecule has 0 bridgehead atoms. The Labute approximate surface area is 160 Å². The molecule has 3 rings (SSSR count). The standard InChI is InChI=1S/C21H26N4O2/c1-15-12-13-17-7-4-11-20(21(17)22-15)25-27-14-6-9-18-8-5-10-19(23-18)16(2)24-26-3/h5,8,10,12-13H,4,6-7,9,11,14H2,1-3H3/b24-16+,25-20+. The molecular formula is C21H26N4O2. The normalized spacial score (nSPS) is 15.5. The summed E-state index contributed by atoms with van der Waals surface area (Å²) < 4.78 is 0. The molecule has 0 saturated heterocycles. The van der Waals surface area contributed by atoms with E-state index in [0.717, 1.165) is 66.3 Å². The van der Waals surface area contributed by atoms with Crippen LogP contribution in [-0.4, -0.2) is 35.1 Å². The van der Waals surface area contributed by atoms with Crippen LogP contribution in [0.4, 0.5) is 0 Å². The minimum absolute atomic E-state index is 0.557. The van der Waals surface area contributed by atoms with E-state index in [1.165, 1.54) is 12.7 Å². The quantitative estimate of drug-likeness (QED) is 0.424. The lowest BCUT2D eigenvalue weighted by Gasteiger charge is -2.16. The van der Waals surface area contributed by atoms with E-state index in [1.54, 1.807) is 0 Å². The molecule has 27 heavy (non-hydrogen) atoms. The molecule has 0 fully saturated rings. The molecule has 0 aliphatic heterocycles. The molecule has 0 radical (unpaired) electrons. The fraction of sp³-hybridized carbons (Fsp3) is 0.429. The number of aromatic nitrogens is 2. The van der Waals surface area contributed by atoms with Crippen LogP contribution >= 0.6 is 0 Å². The van der Waals surface area contributed by atoms with Crippen LogP contribution in [0.5, 0.6) is 0 Å². The topological polar surface area (TPSA) is 69.0 Å². The third-order valence-electron chi connectivity index (χ3n) is 4.50. The number of fused-ring (bicyclic) bond motifs is 1. The van der Waals surface area contributed by atoms with Gasteiger partial charge in [-0.1, -0.05) is 22.4 Å². The van der Waals surface area contributed by atoms with Crippen LogP contribution in [0.25, 0.3) is 0 Å². The molecule has 6 nitrogen and oxygen atoms in total. The summed E-state index contributed by atoms with van der Waals surface area (Å²) in [4.78, 5) is 19.6. The summed E-state index contributed by atoms with van der Waals surface area (Å²) in [6.45, 7) is 4.45. The van der Waals surface area contributed by atoms with Gasteiger partial charge in [0.15, 0.2) is 0 Å². The van der Waals surface area contributed by atoms with E-state index in [4.69, 9.17) is 9.68 Å². The number of hydrogen-bond donors (Lipinski definition) is 0. The van der Waals surface area contributed by atoms with Crippen LogP contribution in [0.2, 0.25) is 0 Å². The van der Waals surface area contributed by atoms with Crippen molar-refractivity contribution in [3.8, 4) is 0 Å². The minimum Gasteiger partial charge on any atom is -0.399 e. The Kier molecular flexibility index (Phi) is 6.52. The molecule has 142 valence electrons. The number of nitrogens with zero attached hydrogens (tertiary/aromatic N) is 4. The third-order valence-corrected chi connectivity index (χ3v) is 4.50. The number of pyridine rings is 2. The van der Waals surface area contributed by atoms with Gasteiger partial charge in [-0.2, -0.15) is 0 Å². The van der Waals surface area contributed by atoms with Gasteiger partial charge in [0.05, 0.1) is 11.4 Å². The van der Waals surface area contributed by atoms with Crippen LogP contribution in [0, 0.1) is 6.92 Å². The van der Waals surface area contributed by atoms with Crippen molar-refractivity contribution >= 4 is 11.4 Å². The van der Waals surface area contributed by atoms with Gasteiger partial charge in [-0.15, -0.1) is 0 Å². The Morgan fingerprint density at radius 1 is 1.15 bits per heavy atom. The van der Waals surface area contributed by atoms with Gasteiger partial charge in [0.1, 0.15) is 25.1 Å². The average molecular weight is 366 g/mol. The summed E-state index contributed by atoms with van der Waals surface area (Å²) in [5.41, 5.74) is 6.85. The molecular weight excluding hydrogens is 340 g/mol. The smallest absolute Gasteiger partial charge is 0.117 e. The summed E-state index contributed by atoms with van der Waals surface area (Å²) in [5, 5.41) is 8.29. The van der Waals surface area contributed by atoms with Gasteiger partial charge >= 0.3 is 0 Å². The highest BCUT2D eigenvalue weighted by atomic mass is 16.6. The Morgan fingerprint density at radius 3 is 2.89 bits per heavy atom. The molecule has 1 aliphatic carbocycles. The third kappa shape index (κ3) is 5.12. The van der Waals surface area contributed by atoms with Crippen molar-refractivity contribution in [1.82, 2.24) is 9.97 Å². The Balaban J connectivity index is 1.53. The molecule has 0 N–H and O–H groups in total. The monoisotopic (exact) mass is 366 g/mol. The second-order valence-corrected chi connectivity index (χ2v) is 6.66. The van der Waals surface area contributed by atoms with Gasteiger partial charge in [-0.3, -0.25) is 9.97 Å². The van der Waals surface area contributed by atoms with E-state index in [9.17, 15) is 0 Å². The van der Waals surface area contributed by atoms with Crippen molar-refractivity contribution in [2.24, 2.45) is 10.3 Å². The van der Waals surface area contributed by atoms with Gasteiger partial charge < -0.3 is 9.68 Å². The van der Waals surface area contributed by atoms with Crippen molar-refractivity contribution in [2.75, 3.05) is 13.7 Å². The van der Waals surface area contributed by atoms with E-state index in [2.05, 4.69) is 32.4 Å². The van der Waals surface area contributed by atoms with Crippen LogP contribution in [-0.2, 0) is 22.5 Å². The summed E-state index contributed by atoms with van der Waals surface area (Å²) in [6, 6.07) is 10.1. The Hall–Kier alpha value is -2.76. The summed E-state index contributed by atoms with van der Waals surface area (Å²) in [7, 11) is 1.54. The van der Waals surface area contributed by atoms with E-state index in [-0.39, 0.29) is 0 Å². The fourth-order valence-corrected chi connectivity index (χ4v) is 3.14. The van der Waals surface area contributed by atoms with Crippen molar-refractivity contribution in [2.45, 2.75) is 46.0 Å². The minimum atomic E-state index is 0.557. The van der Waals surface area contributed by atoms with Crippen molar-refractivity contribution < 1.29 is 9.68 Å². The molecule has 0 aromatic carbocycles. The van der Waals surface area contributed by atoms with Crippen LogP contribution in [0.3, 0.4) is 0 Å². The summed E-state index contributed by atoms with van der Waals surface area (Å²) in [6.07, 6.45) is 4.76. The Bertz CT molecular complexity index is 846. The number of hydrogen-bond acceptors (Lipinski definition) is 6. The first-order valence-corrected chi connectivity index (χ1v) is 9.37. The molecule has 2 heterocycles. The van der Waals surface area contributed by atoms with Gasteiger partial charge in [-0.05, 0) is 69.7 Å².